The average molecular weight is 401 g/mol. The molecule has 1 amide bonds. The Morgan fingerprint density at radius 3 is 2.50 bits per heavy atom. The number of aromatic nitrogens is 2. The molecular weight excluding hydrogens is 376 g/mol. The molecule has 0 N–H and O–H groups in total. The predicted molar refractivity (Wildman–Crippen MR) is 96.4 cm³/mol. The fourth-order valence-corrected chi connectivity index (χ4v) is 3.31. The SMILES string of the molecule is CN(C(=O)OC(C)(C)C)C1CCN(c2cnn(C)c(=O)c2Br)CC1. The zero-order chi connectivity index (χ0) is 18.1. The van der Waals surface area contributed by atoms with Gasteiger partial charge in [0, 0.05) is 33.2 Å². The van der Waals surface area contributed by atoms with Crippen LogP contribution >= 0.6 is 15.9 Å². The van der Waals surface area contributed by atoms with Crippen molar-refractivity contribution in [2.24, 2.45) is 7.05 Å². The molecular formula is C16H25BrN4O3. The fraction of sp³-hybridized carbons (Fsp3) is 0.688. The summed E-state index contributed by atoms with van der Waals surface area (Å²) in [7, 11) is 3.41. The van der Waals surface area contributed by atoms with Crippen molar-refractivity contribution >= 4 is 27.7 Å². The van der Waals surface area contributed by atoms with Crippen molar-refractivity contribution < 1.29 is 9.53 Å². The third-order valence-corrected chi connectivity index (χ3v) is 4.84. The third kappa shape index (κ3) is 4.28. The Labute approximate surface area is 150 Å². The lowest BCUT2D eigenvalue weighted by Gasteiger charge is -2.38. The van der Waals surface area contributed by atoms with Gasteiger partial charge in [0.05, 0.1) is 11.9 Å². The molecule has 1 aromatic heterocycles. The van der Waals surface area contributed by atoms with E-state index < -0.39 is 5.60 Å². The molecule has 0 radical (unpaired) electrons. The normalized spacial score (nSPS) is 16.2. The van der Waals surface area contributed by atoms with Gasteiger partial charge in [0.1, 0.15) is 10.1 Å². The van der Waals surface area contributed by atoms with Gasteiger partial charge in [-0.25, -0.2) is 9.48 Å². The number of hydrogen-bond donors (Lipinski definition) is 0. The lowest BCUT2D eigenvalue weighted by Crippen LogP contribution is -2.47. The van der Waals surface area contributed by atoms with Crippen molar-refractivity contribution in [2.75, 3.05) is 25.0 Å². The Balaban J connectivity index is 2.00. The van der Waals surface area contributed by atoms with Crippen LogP contribution in [0, 0.1) is 0 Å². The highest BCUT2D eigenvalue weighted by atomic mass is 79.9. The van der Waals surface area contributed by atoms with Gasteiger partial charge in [-0.15, -0.1) is 0 Å². The van der Waals surface area contributed by atoms with Crippen molar-refractivity contribution in [2.45, 2.75) is 45.3 Å². The van der Waals surface area contributed by atoms with Gasteiger partial charge in [-0.2, -0.15) is 5.10 Å². The molecule has 1 aromatic rings. The molecule has 8 heteroatoms. The lowest BCUT2D eigenvalue weighted by molar-refractivity contribution is 0.0201. The molecule has 0 saturated carbocycles. The minimum absolute atomic E-state index is 0.134. The van der Waals surface area contributed by atoms with E-state index in [-0.39, 0.29) is 17.7 Å². The maximum absolute atomic E-state index is 12.2. The zero-order valence-electron chi connectivity index (χ0n) is 14.9. The van der Waals surface area contributed by atoms with Gasteiger partial charge < -0.3 is 14.5 Å². The van der Waals surface area contributed by atoms with E-state index in [2.05, 4.69) is 25.9 Å². The van der Waals surface area contributed by atoms with Crippen molar-refractivity contribution in [3.8, 4) is 0 Å². The smallest absolute Gasteiger partial charge is 0.410 e. The lowest BCUT2D eigenvalue weighted by atomic mass is 10.0. The summed E-state index contributed by atoms with van der Waals surface area (Å²) in [6.07, 6.45) is 3.04. The van der Waals surface area contributed by atoms with Crippen molar-refractivity contribution in [1.29, 1.82) is 0 Å². The Morgan fingerprint density at radius 1 is 1.38 bits per heavy atom. The van der Waals surface area contributed by atoms with Crippen LogP contribution in [0.4, 0.5) is 10.5 Å². The van der Waals surface area contributed by atoms with Gasteiger partial charge in [0.2, 0.25) is 0 Å². The van der Waals surface area contributed by atoms with E-state index in [4.69, 9.17) is 4.74 Å². The van der Waals surface area contributed by atoms with E-state index >= 15 is 0 Å². The van der Waals surface area contributed by atoms with Crippen LogP contribution in [0.25, 0.3) is 0 Å². The zero-order valence-corrected chi connectivity index (χ0v) is 16.5. The van der Waals surface area contributed by atoms with E-state index in [0.717, 1.165) is 31.6 Å². The molecule has 0 unspecified atom stereocenters. The van der Waals surface area contributed by atoms with Crippen LogP contribution in [-0.4, -0.2) is 52.6 Å². The first-order valence-corrected chi connectivity index (χ1v) is 8.82. The van der Waals surface area contributed by atoms with Crippen molar-refractivity contribution in [3.63, 3.8) is 0 Å². The Hall–Kier alpha value is -1.57. The van der Waals surface area contributed by atoms with E-state index in [1.807, 2.05) is 20.8 Å². The predicted octanol–water partition coefficient (Wildman–Crippen LogP) is 2.38. The molecule has 1 aliphatic rings. The summed E-state index contributed by atoms with van der Waals surface area (Å²) in [5.74, 6) is 0. The fourth-order valence-electron chi connectivity index (χ4n) is 2.70. The summed E-state index contributed by atoms with van der Waals surface area (Å²) in [6, 6.07) is 0.134. The summed E-state index contributed by atoms with van der Waals surface area (Å²) < 4.78 is 7.25. The quantitative estimate of drug-likeness (QED) is 0.761. The van der Waals surface area contributed by atoms with Gasteiger partial charge >= 0.3 is 6.09 Å². The van der Waals surface area contributed by atoms with Crippen LogP contribution in [0.3, 0.4) is 0 Å². The number of piperidine rings is 1. The second-order valence-electron chi connectivity index (χ2n) is 7.08. The molecule has 2 heterocycles. The number of carbonyl (C=O) groups is 1. The minimum atomic E-state index is -0.493. The van der Waals surface area contributed by atoms with Gasteiger partial charge in [-0.1, -0.05) is 0 Å². The second kappa shape index (κ2) is 7.13. The molecule has 134 valence electrons. The third-order valence-electron chi connectivity index (χ3n) is 4.09. The molecule has 0 aliphatic carbocycles. The van der Waals surface area contributed by atoms with E-state index in [0.29, 0.717) is 4.47 Å². The van der Waals surface area contributed by atoms with Crippen LogP contribution in [-0.2, 0) is 11.8 Å². The summed E-state index contributed by atoms with van der Waals surface area (Å²) in [5, 5.41) is 4.09. The van der Waals surface area contributed by atoms with Gasteiger partial charge in [0.15, 0.2) is 0 Å². The highest BCUT2D eigenvalue weighted by Crippen LogP contribution is 2.26. The average Bonchev–Trinajstić information content (AvgIpc) is 2.51. The molecule has 0 aromatic carbocycles. The Bertz CT molecular complexity index is 660. The first-order chi connectivity index (χ1) is 11.1. The molecule has 1 fully saturated rings. The van der Waals surface area contributed by atoms with Gasteiger partial charge in [-0.05, 0) is 49.5 Å². The number of rotatable bonds is 2. The van der Waals surface area contributed by atoms with Gasteiger partial charge in [0.25, 0.3) is 5.56 Å². The standard InChI is InChI=1S/C16H25BrN4O3/c1-16(2,3)24-15(23)19(4)11-6-8-21(9-7-11)12-10-18-20(5)14(22)13(12)17/h10-11H,6-9H2,1-5H3. The molecule has 1 aliphatic heterocycles. The number of hydrogen-bond acceptors (Lipinski definition) is 5. The van der Waals surface area contributed by atoms with Crippen LogP contribution < -0.4 is 10.5 Å². The van der Waals surface area contributed by atoms with E-state index in [9.17, 15) is 9.59 Å². The molecule has 1 saturated heterocycles. The molecule has 7 nitrogen and oxygen atoms in total. The Kier molecular flexibility index (Phi) is 5.57. The minimum Gasteiger partial charge on any atom is -0.444 e. The number of halogens is 1. The van der Waals surface area contributed by atoms with Crippen LogP contribution in [0.5, 0.6) is 0 Å². The van der Waals surface area contributed by atoms with E-state index in [1.165, 1.54) is 4.68 Å². The summed E-state index contributed by atoms with van der Waals surface area (Å²) >= 11 is 3.37. The van der Waals surface area contributed by atoms with Crippen LogP contribution in [0.2, 0.25) is 0 Å². The summed E-state index contributed by atoms with van der Waals surface area (Å²) in [4.78, 5) is 28.0. The second-order valence-corrected chi connectivity index (χ2v) is 7.88. The van der Waals surface area contributed by atoms with E-state index in [1.54, 1.807) is 25.2 Å². The largest absolute Gasteiger partial charge is 0.444 e. The van der Waals surface area contributed by atoms with Crippen LogP contribution in [0.1, 0.15) is 33.6 Å². The highest BCUT2D eigenvalue weighted by molar-refractivity contribution is 9.10. The van der Waals surface area contributed by atoms with Crippen molar-refractivity contribution in [3.05, 3.63) is 21.0 Å². The van der Waals surface area contributed by atoms with Crippen molar-refractivity contribution in [1.82, 2.24) is 14.7 Å². The molecule has 24 heavy (non-hydrogen) atoms. The maximum Gasteiger partial charge on any atom is 0.410 e. The first-order valence-electron chi connectivity index (χ1n) is 8.02. The number of ether oxygens (including phenoxy) is 1. The van der Waals surface area contributed by atoms with Crippen LogP contribution in [0.15, 0.2) is 15.5 Å². The molecule has 2 rings (SSSR count). The monoisotopic (exact) mass is 400 g/mol. The number of amides is 1. The molecule has 0 spiro atoms. The molecule has 0 bridgehead atoms. The first kappa shape index (κ1) is 18.8. The Morgan fingerprint density at radius 2 is 1.96 bits per heavy atom. The number of carbonyl (C=O) groups excluding carboxylic acids is 1. The maximum atomic E-state index is 12.2. The number of aryl methyl sites for hydroxylation is 1. The summed E-state index contributed by atoms with van der Waals surface area (Å²) in [6.45, 7) is 7.10. The molecule has 0 atom stereocenters. The highest BCUT2D eigenvalue weighted by Gasteiger charge is 2.29. The number of anilines is 1. The van der Waals surface area contributed by atoms with Gasteiger partial charge in [-0.3, -0.25) is 4.79 Å². The summed E-state index contributed by atoms with van der Waals surface area (Å²) in [5.41, 5.74) is 0.157. The number of nitrogens with zero attached hydrogens (tertiary/aromatic N) is 4. The topological polar surface area (TPSA) is 67.7 Å².